The van der Waals surface area contributed by atoms with Crippen molar-refractivity contribution in [3.05, 3.63) is 35.4 Å². The van der Waals surface area contributed by atoms with Gasteiger partial charge in [-0.3, -0.25) is 9.69 Å². The summed E-state index contributed by atoms with van der Waals surface area (Å²) in [4.78, 5) is 13.0. The third kappa shape index (κ3) is 3.04. The van der Waals surface area contributed by atoms with Crippen molar-refractivity contribution in [3.8, 4) is 0 Å². The van der Waals surface area contributed by atoms with E-state index >= 15 is 0 Å². The zero-order chi connectivity index (χ0) is 13.1. The minimum Gasteiger partial charge on any atom is -0.369 e. The number of carbonyl (C=O) groups excluding carboxylic acids is 1. The summed E-state index contributed by atoms with van der Waals surface area (Å²) in [6.45, 7) is 1.74. The molecule has 1 heterocycles. The van der Waals surface area contributed by atoms with Gasteiger partial charge in [-0.15, -0.1) is 0 Å². The number of hydrogen-bond donors (Lipinski definition) is 1. The average molecular weight is 254 g/mol. The Morgan fingerprint density at radius 1 is 1.33 bits per heavy atom. The number of benzene rings is 1. The Bertz CT molecular complexity index is 443. The van der Waals surface area contributed by atoms with Crippen molar-refractivity contribution in [2.24, 2.45) is 11.7 Å². The van der Waals surface area contributed by atoms with Crippen LogP contribution < -0.4 is 5.73 Å². The molecule has 3 nitrogen and oxygen atoms in total. The van der Waals surface area contributed by atoms with Gasteiger partial charge >= 0.3 is 0 Å². The van der Waals surface area contributed by atoms with E-state index in [1.54, 1.807) is 0 Å². The monoisotopic (exact) mass is 254 g/mol. The SMILES string of the molecule is NC(=O)C1CCN(Cc2cc(F)ccc2F)CC1. The minimum absolute atomic E-state index is 0.0846. The Balaban J connectivity index is 1.95. The first-order chi connectivity index (χ1) is 8.56. The third-order valence-electron chi connectivity index (χ3n) is 3.39. The van der Waals surface area contributed by atoms with Crippen LogP contribution in [0.3, 0.4) is 0 Å². The molecule has 1 aliphatic rings. The maximum atomic E-state index is 13.5. The highest BCUT2D eigenvalue weighted by Crippen LogP contribution is 2.20. The summed E-state index contributed by atoms with van der Waals surface area (Å²) in [7, 11) is 0. The van der Waals surface area contributed by atoms with Gasteiger partial charge in [0.1, 0.15) is 11.6 Å². The predicted molar refractivity (Wildman–Crippen MR) is 63.6 cm³/mol. The Morgan fingerprint density at radius 3 is 2.61 bits per heavy atom. The van der Waals surface area contributed by atoms with E-state index < -0.39 is 11.6 Å². The lowest BCUT2D eigenvalue weighted by Gasteiger charge is -2.30. The van der Waals surface area contributed by atoms with E-state index in [1.165, 1.54) is 6.07 Å². The van der Waals surface area contributed by atoms with E-state index in [9.17, 15) is 13.6 Å². The molecule has 98 valence electrons. The molecule has 1 fully saturated rings. The summed E-state index contributed by atoms with van der Waals surface area (Å²) in [6.07, 6.45) is 1.37. The van der Waals surface area contributed by atoms with Gasteiger partial charge in [-0.2, -0.15) is 0 Å². The summed E-state index contributed by atoms with van der Waals surface area (Å²) in [5, 5.41) is 0. The van der Waals surface area contributed by atoms with Gasteiger partial charge in [0.05, 0.1) is 0 Å². The predicted octanol–water partition coefficient (Wildman–Crippen LogP) is 1.66. The van der Waals surface area contributed by atoms with Crippen molar-refractivity contribution >= 4 is 5.91 Å². The number of piperidine rings is 1. The second-order valence-electron chi connectivity index (χ2n) is 4.69. The highest BCUT2D eigenvalue weighted by atomic mass is 19.1. The Kier molecular flexibility index (Phi) is 3.91. The zero-order valence-corrected chi connectivity index (χ0v) is 10.0. The maximum Gasteiger partial charge on any atom is 0.220 e. The van der Waals surface area contributed by atoms with Gasteiger partial charge in [0.15, 0.2) is 0 Å². The van der Waals surface area contributed by atoms with Gasteiger partial charge in [-0.1, -0.05) is 0 Å². The number of likely N-dealkylation sites (tertiary alicyclic amines) is 1. The second kappa shape index (κ2) is 5.44. The first-order valence-electron chi connectivity index (χ1n) is 6.02. The third-order valence-corrected chi connectivity index (χ3v) is 3.39. The maximum absolute atomic E-state index is 13.5. The summed E-state index contributed by atoms with van der Waals surface area (Å²) < 4.78 is 26.5. The van der Waals surface area contributed by atoms with Gasteiger partial charge in [-0.25, -0.2) is 8.78 Å². The van der Waals surface area contributed by atoms with Crippen LogP contribution in [0, 0.1) is 17.6 Å². The quantitative estimate of drug-likeness (QED) is 0.891. The molecule has 0 spiro atoms. The van der Waals surface area contributed by atoms with Crippen molar-refractivity contribution in [1.29, 1.82) is 0 Å². The van der Waals surface area contributed by atoms with Crippen LogP contribution in [0.15, 0.2) is 18.2 Å². The highest BCUT2D eigenvalue weighted by Gasteiger charge is 2.23. The van der Waals surface area contributed by atoms with Gasteiger partial charge < -0.3 is 5.73 Å². The average Bonchev–Trinajstić information content (AvgIpc) is 2.34. The molecule has 18 heavy (non-hydrogen) atoms. The van der Waals surface area contributed by atoms with E-state index in [2.05, 4.69) is 0 Å². The van der Waals surface area contributed by atoms with Gasteiger partial charge in [0, 0.05) is 18.0 Å². The molecule has 1 saturated heterocycles. The van der Waals surface area contributed by atoms with E-state index in [0.29, 0.717) is 38.0 Å². The Hall–Kier alpha value is -1.49. The Labute approximate surface area is 105 Å². The Morgan fingerprint density at radius 2 is 2.00 bits per heavy atom. The van der Waals surface area contributed by atoms with Crippen LogP contribution in [0.4, 0.5) is 8.78 Å². The molecule has 0 radical (unpaired) electrons. The fourth-order valence-electron chi connectivity index (χ4n) is 2.28. The van der Waals surface area contributed by atoms with Crippen LogP contribution in [0.1, 0.15) is 18.4 Å². The van der Waals surface area contributed by atoms with Crippen molar-refractivity contribution in [1.82, 2.24) is 4.90 Å². The molecule has 1 aromatic rings. The molecule has 5 heteroatoms. The van der Waals surface area contributed by atoms with Crippen molar-refractivity contribution < 1.29 is 13.6 Å². The van der Waals surface area contributed by atoms with Gasteiger partial charge in [0.25, 0.3) is 0 Å². The van der Waals surface area contributed by atoms with Crippen LogP contribution >= 0.6 is 0 Å². The summed E-state index contributed by atoms with van der Waals surface area (Å²) >= 11 is 0. The number of carbonyl (C=O) groups is 1. The molecule has 1 aliphatic heterocycles. The smallest absolute Gasteiger partial charge is 0.220 e. The standard InChI is InChI=1S/C13H16F2N2O/c14-11-1-2-12(15)10(7-11)8-17-5-3-9(4-6-17)13(16)18/h1-2,7,9H,3-6,8H2,(H2,16,18). The summed E-state index contributed by atoms with van der Waals surface area (Å²) in [5.74, 6) is -1.18. The molecule has 1 aromatic carbocycles. The highest BCUT2D eigenvalue weighted by molar-refractivity contribution is 5.76. The lowest BCUT2D eigenvalue weighted by atomic mass is 9.96. The molecule has 0 aliphatic carbocycles. The lowest BCUT2D eigenvalue weighted by Crippen LogP contribution is -2.38. The van der Waals surface area contributed by atoms with Gasteiger partial charge in [-0.05, 0) is 44.1 Å². The summed E-state index contributed by atoms with van der Waals surface area (Å²) in [6, 6.07) is 3.47. The second-order valence-corrected chi connectivity index (χ2v) is 4.69. The molecule has 0 atom stereocenters. The van der Waals surface area contributed by atoms with E-state index in [0.717, 1.165) is 12.1 Å². The van der Waals surface area contributed by atoms with Crippen molar-refractivity contribution in [2.45, 2.75) is 19.4 Å². The van der Waals surface area contributed by atoms with E-state index in [-0.39, 0.29) is 11.8 Å². The number of amides is 1. The van der Waals surface area contributed by atoms with Crippen molar-refractivity contribution in [3.63, 3.8) is 0 Å². The molecule has 2 rings (SSSR count). The number of nitrogens with two attached hydrogens (primary N) is 1. The van der Waals surface area contributed by atoms with E-state index in [1.807, 2.05) is 4.90 Å². The number of halogens is 2. The largest absolute Gasteiger partial charge is 0.369 e. The van der Waals surface area contributed by atoms with Crippen LogP contribution in [0.5, 0.6) is 0 Å². The molecule has 0 saturated carbocycles. The van der Waals surface area contributed by atoms with Crippen LogP contribution in [-0.2, 0) is 11.3 Å². The fourth-order valence-corrected chi connectivity index (χ4v) is 2.28. The molecular formula is C13H16F2N2O. The minimum atomic E-state index is -0.432. The van der Waals surface area contributed by atoms with Crippen LogP contribution in [-0.4, -0.2) is 23.9 Å². The molecule has 1 amide bonds. The first-order valence-corrected chi connectivity index (χ1v) is 6.02. The molecule has 0 aromatic heterocycles. The van der Waals surface area contributed by atoms with Crippen LogP contribution in [0.25, 0.3) is 0 Å². The van der Waals surface area contributed by atoms with E-state index in [4.69, 9.17) is 5.73 Å². The number of nitrogens with zero attached hydrogens (tertiary/aromatic N) is 1. The number of rotatable bonds is 3. The lowest BCUT2D eigenvalue weighted by molar-refractivity contribution is -0.123. The molecule has 0 bridgehead atoms. The van der Waals surface area contributed by atoms with Crippen LogP contribution in [0.2, 0.25) is 0 Å². The zero-order valence-electron chi connectivity index (χ0n) is 10.0. The topological polar surface area (TPSA) is 46.3 Å². The number of hydrogen-bond acceptors (Lipinski definition) is 2. The summed E-state index contributed by atoms with van der Waals surface area (Å²) in [5.41, 5.74) is 5.60. The van der Waals surface area contributed by atoms with Crippen molar-refractivity contribution in [2.75, 3.05) is 13.1 Å². The molecule has 0 unspecified atom stereocenters. The normalized spacial score (nSPS) is 17.9. The first kappa shape index (κ1) is 13.0. The molecular weight excluding hydrogens is 238 g/mol. The van der Waals surface area contributed by atoms with Gasteiger partial charge in [0.2, 0.25) is 5.91 Å². The number of primary amides is 1. The molecule has 2 N–H and O–H groups in total. The fraction of sp³-hybridized carbons (Fsp3) is 0.462.